The number of hydrogen-bond acceptors (Lipinski definition) is 4. The van der Waals surface area contributed by atoms with Gasteiger partial charge in [0.1, 0.15) is 11.5 Å². The number of amides is 2. The Hall–Kier alpha value is -3.02. The maximum Gasteiger partial charge on any atom is 0.225 e. The van der Waals surface area contributed by atoms with E-state index in [2.05, 4.69) is 5.32 Å². The van der Waals surface area contributed by atoms with Gasteiger partial charge in [0.2, 0.25) is 11.8 Å². The molecular weight excluding hydrogens is 392 g/mol. The summed E-state index contributed by atoms with van der Waals surface area (Å²) in [5, 5.41) is 3.25. The predicted octanol–water partition coefficient (Wildman–Crippen LogP) is 3.56. The Bertz CT molecular complexity index is 851. The van der Waals surface area contributed by atoms with Gasteiger partial charge in [-0.15, -0.1) is 0 Å². The van der Waals surface area contributed by atoms with Gasteiger partial charge in [-0.05, 0) is 61.1 Å². The van der Waals surface area contributed by atoms with E-state index in [1.165, 1.54) is 0 Å². The minimum absolute atomic E-state index is 0.0372. The quantitative estimate of drug-likeness (QED) is 0.741. The molecular formula is C25H30N2O4. The van der Waals surface area contributed by atoms with Gasteiger partial charge < -0.3 is 19.7 Å². The monoisotopic (exact) mass is 422 g/mol. The summed E-state index contributed by atoms with van der Waals surface area (Å²) in [7, 11) is 3.27. The van der Waals surface area contributed by atoms with Crippen LogP contribution in [0.4, 0.5) is 0 Å². The van der Waals surface area contributed by atoms with E-state index in [4.69, 9.17) is 9.47 Å². The van der Waals surface area contributed by atoms with Crippen molar-refractivity contribution < 1.29 is 19.1 Å². The average molecular weight is 423 g/mol. The largest absolute Gasteiger partial charge is 0.497 e. The molecule has 0 radical (unpaired) electrons. The van der Waals surface area contributed by atoms with Crippen LogP contribution >= 0.6 is 0 Å². The normalized spacial score (nSPS) is 16.8. The van der Waals surface area contributed by atoms with Crippen molar-refractivity contribution in [2.24, 2.45) is 11.8 Å². The summed E-state index contributed by atoms with van der Waals surface area (Å²) in [6, 6.07) is 15.3. The van der Waals surface area contributed by atoms with Crippen LogP contribution in [0.3, 0.4) is 0 Å². The number of piperidine rings is 1. The maximum atomic E-state index is 13.2. The van der Waals surface area contributed by atoms with Crippen molar-refractivity contribution in [2.75, 3.05) is 27.3 Å². The molecule has 164 valence electrons. The van der Waals surface area contributed by atoms with Crippen molar-refractivity contribution in [2.45, 2.75) is 31.7 Å². The fraction of sp³-hybridized carbons (Fsp3) is 0.440. The smallest absolute Gasteiger partial charge is 0.225 e. The molecule has 0 unspecified atom stereocenters. The summed E-state index contributed by atoms with van der Waals surface area (Å²) in [5.74, 6) is 2.01. The molecule has 31 heavy (non-hydrogen) atoms. The highest BCUT2D eigenvalue weighted by Crippen LogP contribution is 2.33. The van der Waals surface area contributed by atoms with Crippen molar-refractivity contribution in [3.05, 3.63) is 59.7 Å². The average Bonchev–Trinajstić information content (AvgIpc) is 3.68. The molecule has 0 atom stereocenters. The van der Waals surface area contributed by atoms with Crippen LogP contribution in [0.2, 0.25) is 0 Å². The zero-order valence-corrected chi connectivity index (χ0v) is 18.2. The van der Waals surface area contributed by atoms with Crippen molar-refractivity contribution in [3.63, 3.8) is 0 Å². The third-order valence-electron chi connectivity index (χ3n) is 6.29. The molecule has 2 aromatic rings. The predicted molar refractivity (Wildman–Crippen MR) is 118 cm³/mol. The summed E-state index contributed by atoms with van der Waals surface area (Å²) in [4.78, 5) is 27.4. The molecule has 1 aliphatic carbocycles. The van der Waals surface area contributed by atoms with Crippen LogP contribution in [0.5, 0.6) is 11.5 Å². The lowest BCUT2D eigenvalue weighted by atomic mass is 9.93. The number of ether oxygens (including phenoxy) is 2. The standard InChI is InChI=1S/C25H30N2O4/c1-30-21-9-5-17(6-10-21)23(18-7-11-22(31-2)12-8-18)26-24(28)19-13-15-27(16-14-19)25(29)20-3-4-20/h5-12,19-20,23H,3-4,13-16H2,1-2H3,(H,26,28). The number of rotatable bonds is 7. The highest BCUT2D eigenvalue weighted by molar-refractivity contribution is 5.82. The van der Waals surface area contributed by atoms with Gasteiger partial charge in [-0.2, -0.15) is 0 Å². The number of nitrogens with zero attached hydrogens (tertiary/aromatic N) is 1. The van der Waals surface area contributed by atoms with Gasteiger partial charge in [0.15, 0.2) is 0 Å². The van der Waals surface area contributed by atoms with Gasteiger partial charge in [0, 0.05) is 24.9 Å². The van der Waals surface area contributed by atoms with E-state index in [9.17, 15) is 9.59 Å². The fourth-order valence-corrected chi connectivity index (χ4v) is 4.16. The first-order valence-electron chi connectivity index (χ1n) is 11.0. The van der Waals surface area contributed by atoms with E-state index in [0.717, 1.165) is 35.5 Å². The van der Waals surface area contributed by atoms with Crippen LogP contribution in [-0.4, -0.2) is 44.0 Å². The molecule has 2 aliphatic rings. The van der Waals surface area contributed by atoms with E-state index in [0.29, 0.717) is 25.9 Å². The van der Waals surface area contributed by atoms with Crippen molar-refractivity contribution in [3.8, 4) is 11.5 Å². The van der Waals surface area contributed by atoms with Gasteiger partial charge >= 0.3 is 0 Å². The number of hydrogen-bond donors (Lipinski definition) is 1. The molecule has 6 heteroatoms. The first-order chi connectivity index (χ1) is 15.1. The van der Waals surface area contributed by atoms with Gasteiger partial charge in [0.05, 0.1) is 20.3 Å². The van der Waals surface area contributed by atoms with E-state index < -0.39 is 0 Å². The second-order valence-electron chi connectivity index (χ2n) is 8.36. The first kappa shape index (κ1) is 21.2. The third kappa shape index (κ3) is 5.01. The number of carbonyl (C=O) groups is 2. The lowest BCUT2D eigenvalue weighted by molar-refractivity contribution is -0.136. The summed E-state index contributed by atoms with van der Waals surface area (Å²) in [6.45, 7) is 1.34. The summed E-state index contributed by atoms with van der Waals surface area (Å²) in [6.07, 6.45) is 3.46. The van der Waals surface area contributed by atoms with Crippen LogP contribution < -0.4 is 14.8 Å². The van der Waals surface area contributed by atoms with Crippen LogP contribution in [-0.2, 0) is 9.59 Å². The molecule has 0 aromatic heterocycles. The van der Waals surface area contributed by atoms with Gasteiger partial charge in [-0.3, -0.25) is 9.59 Å². The van der Waals surface area contributed by atoms with Gasteiger partial charge in [-0.1, -0.05) is 24.3 Å². The Kier molecular flexibility index (Phi) is 6.44. The highest BCUT2D eigenvalue weighted by Gasteiger charge is 2.36. The molecule has 2 amide bonds. The molecule has 0 bridgehead atoms. The summed E-state index contributed by atoms with van der Waals surface area (Å²) >= 11 is 0. The molecule has 2 aromatic carbocycles. The van der Waals surface area contributed by atoms with Crippen LogP contribution in [0.1, 0.15) is 42.9 Å². The van der Waals surface area contributed by atoms with Crippen molar-refractivity contribution in [1.29, 1.82) is 0 Å². The van der Waals surface area contributed by atoms with E-state index >= 15 is 0 Å². The topological polar surface area (TPSA) is 67.9 Å². The molecule has 1 N–H and O–H groups in total. The van der Waals surface area contributed by atoms with E-state index in [1.54, 1.807) is 14.2 Å². The number of benzene rings is 2. The first-order valence-corrected chi connectivity index (χ1v) is 11.0. The number of nitrogens with one attached hydrogen (secondary N) is 1. The molecule has 0 spiro atoms. The maximum absolute atomic E-state index is 13.2. The van der Waals surface area contributed by atoms with E-state index in [-0.39, 0.29) is 29.7 Å². The summed E-state index contributed by atoms with van der Waals surface area (Å²) in [5.41, 5.74) is 1.97. The Morgan fingerprint density at radius 3 is 1.71 bits per heavy atom. The zero-order valence-electron chi connectivity index (χ0n) is 18.2. The minimum atomic E-state index is -0.268. The van der Waals surface area contributed by atoms with Gasteiger partial charge in [0.25, 0.3) is 0 Å². The zero-order chi connectivity index (χ0) is 21.8. The molecule has 1 heterocycles. The number of carbonyl (C=O) groups excluding carboxylic acids is 2. The molecule has 2 fully saturated rings. The number of likely N-dealkylation sites (tertiary alicyclic amines) is 1. The Morgan fingerprint density at radius 2 is 1.29 bits per heavy atom. The Labute approximate surface area is 183 Å². The Balaban J connectivity index is 1.47. The van der Waals surface area contributed by atoms with Crippen LogP contribution in [0.15, 0.2) is 48.5 Å². The lowest BCUT2D eigenvalue weighted by Gasteiger charge is -2.32. The van der Waals surface area contributed by atoms with Crippen molar-refractivity contribution in [1.82, 2.24) is 10.2 Å². The SMILES string of the molecule is COc1ccc(C(NC(=O)C2CCN(C(=O)C3CC3)CC2)c2ccc(OC)cc2)cc1. The van der Waals surface area contributed by atoms with Crippen LogP contribution in [0.25, 0.3) is 0 Å². The lowest BCUT2D eigenvalue weighted by Crippen LogP contribution is -2.44. The molecule has 6 nitrogen and oxygen atoms in total. The van der Waals surface area contributed by atoms with Gasteiger partial charge in [-0.25, -0.2) is 0 Å². The second kappa shape index (κ2) is 9.41. The fourth-order valence-electron chi connectivity index (χ4n) is 4.16. The number of methoxy groups -OCH3 is 2. The van der Waals surface area contributed by atoms with Crippen LogP contribution in [0, 0.1) is 11.8 Å². The minimum Gasteiger partial charge on any atom is -0.497 e. The molecule has 1 saturated carbocycles. The summed E-state index contributed by atoms with van der Waals surface area (Å²) < 4.78 is 10.6. The highest BCUT2D eigenvalue weighted by atomic mass is 16.5. The molecule has 1 saturated heterocycles. The van der Waals surface area contributed by atoms with E-state index in [1.807, 2.05) is 53.4 Å². The van der Waals surface area contributed by atoms with Crippen molar-refractivity contribution >= 4 is 11.8 Å². The Morgan fingerprint density at radius 1 is 0.806 bits per heavy atom. The molecule has 1 aliphatic heterocycles. The second-order valence-corrected chi connectivity index (χ2v) is 8.36. The third-order valence-corrected chi connectivity index (χ3v) is 6.29. The molecule has 4 rings (SSSR count).